The maximum atomic E-state index is 12.1. The second kappa shape index (κ2) is 10.7. The number of anilines is 1. The molecule has 1 heterocycles. The monoisotopic (exact) mass is 519 g/mol. The Balaban J connectivity index is 2.41. The van der Waals surface area contributed by atoms with Gasteiger partial charge in [0.25, 0.3) is 0 Å². The predicted molar refractivity (Wildman–Crippen MR) is 137 cm³/mol. The van der Waals surface area contributed by atoms with Crippen molar-refractivity contribution in [2.24, 2.45) is 5.41 Å². The Kier molecular flexibility index (Phi) is 8.77. The SMILES string of the molecule is C=C=CCC1(O[Si](C)(C)C)C=CC=CN(c2cc(Br)ccc2OCC(C)(C)C(=O)OC)C1. The van der Waals surface area contributed by atoms with Crippen LogP contribution in [0.25, 0.3) is 0 Å². The van der Waals surface area contributed by atoms with E-state index < -0.39 is 19.3 Å². The van der Waals surface area contributed by atoms with Crippen molar-refractivity contribution in [2.45, 2.75) is 45.5 Å². The van der Waals surface area contributed by atoms with E-state index in [1.54, 1.807) is 0 Å². The summed E-state index contributed by atoms with van der Waals surface area (Å²) < 4.78 is 18.7. The number of hydrogen-bond donors (Lipinski definition) is 0. The van der Waals surface area contributed by atoms with Crippen LogP contribution >= 0.6 is 15.9 Å². The number of rotatable bonds is 9. The predicted octanol–water partition coefficient (Wildman–Crippen LogP) is 6.24. The highest BCUT2D eigenvalue weighted by Crippen LogP contribution is 2.37. The minimum Gasteiger partial charge on any atom is -0.490 e. The van der Waals surface area contributed by atoms with Crippen LogP contribution in [0, 0.1) is 5.41 Å². The summed E-state index contributed by atoms with van der Waals surface area (Å²) in [7, 11) is -0.478. The van der Waals surface area contributed by atoms with Gasteiger partial charge in [0, 0.05) is 17.1 Å². The molecule has 0 saturated carbocycles. The van der Waals surface area contributed by atoms with Crippen LogP contribution in [0.1, 0.15) is 20.3 Å². The first kappa shape index (κ1) is 26.2. The number of halogens is 1. The first-order valence-electron chi connectivity index (χ1n) is 10.6. The van der Waals surface area contributed by atoms with Gasteiger partial charge in [-0.25, -0.2) is 0 Å². The molecule has 174 valence electrons. The summed E-state index contributed by atoms with van der Waals surface area (Å²) in [4.78, 5) is 14.2. The first-order chi connectivity index (χ1) is 14.9. The lowest BCUT2D eigenvalue weighted by Gasteiger charge is -2.39. The summed E-state index contributed by atoms with van der Waals surface area (Å²) in [5.74, 6) is 0.367. The van der Waals surface area contributed by atoms with E-state index in [2.05, 4.69) is 58.9 Å². The minimum atomic E-state index is -1.87. The lowest BCUT2D eigenvalue weighted by Crippen LogP contribution is -2.48. The molecule has 0 fully saturated rings. The van der Waals surface area contributed by atoms with E-state index >= 15 is 0 Å². The van der Waals surface area contributed by atoms with Gasteiger partial charge >= 0.3 is 5.97 Å². The Hall–Kier alpha value is -2.05. The van der Waals surface area contributed by atoms with E-state index in [0.29, 0.717) is 18.7 Å². The van der Waals surface area contributed by atoms with Gasteiger partial charge in [-0.3, -0.25) is 4.79 Å². The molecule has 0 aliphatic carbocycles. The molecule has 1 aromatic carbocycles. The molecule has 1 aliphatic rings. The normalized spacial score (nSPS) is 18.7. The molecule has 0 N–H and O–H groups in total. The van der Waals surface area contributed by atoms with Gasteiger partial charge in [-0.05, 0) is 63.8 Å². The third-order valence-electron chi connectivity index (χ3n) is 4.87. The topological polar surface area (TPSA) is 48.0 Å². The van der Waals surface area contributed by atoms with Gasteiger partial charge in [0.1, 0.15) is 12.4 Å². The van der Waals surface area contributed by atoms with Crippen LogP contribution in [0.2, 0.25) is 19.6 Å². The lowest BCUT2D eigenvalue weighted by molar-refractivity contribution is -0.152. The van der Waals surface area contributed by atoms with Crippen LogP contribution in [0.5, 0.6) is 5.75 Å². The third kappa shape index (κ3) is 7.24. The number of ether oxygens (including phenoxy) is 2. The van der Waals surface area contributed by atoms with Crippen molar-refractivity contribution in [1.82, 2.24) is 0 Å². The van der Waals surface area contributed by atoms with E-state index in [-0.39, 0.29) is 12.6 Å². The molecule has 2 rings (SSSR count). The number of methoxy groups -OCH3 is 1. The molecule has 1 atom stereocenters. The average Bonchev–Trinajstić information content (AvgIpc) is 2.92. The minimum absolute atomic E-state index is 0.194. The van der Waals surface area contributed by atoms with Gasteiger partial charge in [0.15, 0.2) is 8.32 Å². The van der Waals surface area contributed by atoms with Gasteiger partial charge in [-0.15, -0.1) is 5.73 Å². The van der Waals surface area contributed by atoms with Crippen molar-refractivity contribution in [3.63, 3.8) is 0 Å². The smallest absolute Gasteiger partial charge is 0.314 e. The molecule has 5 nitrogen and oxygen atoms in total. The van der Waals surface area contributed by atoms with E-state index in [0.717, 1.165) is 10.2 Å². The molecule has 1 aliphatic heterocycles. The maximum Gasteiger partial charge on any atom is 0.314 e. The fraction of sp³-hybridized carbons (Fsp3) is 0.440. The highest BCUT2D eigenvalue weighted by molar-refractivity contribution is 9.10. The molecule has 0 spiro atoms. The number of carbonyl (C=O) groups is 1. The van der Waals surface area contributed by atoms with Crippen LogP contribution < -0.4 is 9.64 Å². The van der Waals surface area contributed by atoms with E-state index in [1.165, 1.54) is 7.11 Å². The van der Waals surface area contributed by atoms with Crippen LogP contribution in [0.4, 0.5) is 5.69 Å². The number of esters is 1. The molecule has 0 amide bonds. The maximum absolute atomic E-state index is 12.1. The Morgan fingerprint density at radius 1 is 1.34 bits per heavy atom. The summed E-state index contributed by atoms with van der Waals surface area (Å²) in [5.41, 5.74) is 2.47. The quantitative estimate of drug-likeness (QED) is 0.219. The molecule has 0 bridgehead atoms. The molecular weight excluding hydrogens is 486 g/mol. The number of nitrogens with zero attached hydrogens (tertiary/aromatic N) is 1. The molecule has 0 saturated heterocycles. The number of benzene rings is 1. The van der Waals surface area contributed by atoms with Gasteiger partial charge < -0.3 is 18.8 Å². The van der Waals surface area contributed by atoms with Crippen LogP contribution in [0.15, 0.2) is 65.5 Å². The molecule has 1 aromatic rings. The van der Waals surface area contributed by atoms with Gasteiger partial charge in [0.2, 0.25) is 0 Å². The zero-order valence-electron chi connectivity index (χ0n) is 19.9. The molecular formula is C25H34BrNO4Si. The van der Waals surface area contributed by atoms with Gasteiger partial charge in [-0.2, -0.15) is 0 Å². The highest BCUT2D eigenvalue weighted by Gasteiger charge is 2.36. The van der Waals surface area contributed by atoms with Gasteiger partial charge in [0.05, 0.1) is 30.4 Å². The zero-order chi connectivity index (χ0) is 24.0. The fourth-order valence-corrected chi connectivity index (χ4v) is 5.25. The van der Waals surface area contributed by atoms with Gasteiger partial charge in [-0.1, -0.05) is 34.7 Å². The zero-order valence-corrected chi connectivity index (χ0v) is 22.5. The van der Waals surface area contributed by atoms with Crippen molar-refractivity contribution in [3.05, 3.63) is 65.5 Å². The average molecular weight is 521 g/mol. The summed E-state index contributed by atoms with van der Waals surface area (Å²) in [5, 5.41) is 0. The van der Waals surface area contributed by atoms with Crippen molar-refractivity contribution >= 4 is 35.9 Å². The fourth-order valence-electron chi connectivity index (χ4n) is 3.47. The molecule has 32 heavy (non-hydrogen) atoms. The second-order valence-corrected chi connectivity index (χ2v) is 14.8. The Bertz CT molecular complexity index is 928. The highest BCUT2D eigenvalue weighted by atomic mass is 79.9. The molecule has 1 unspecified atom stereocenters. The number of allylic oxidation sites excluding steroid dienone is 2. The summed E-state index contributed by atoms with van der Waals surface area (Å²) in [6, 6.07) is 5.85. The Morgan fingerprint density at radius 2 is 2.06 bits per heavy atom. The van der Waals surface area contributed by atoms with E-state index in [1.807, 2.05) is 56.5 Å². The lowest BCUT2D eigenvalue weighted by atomic mass is 9.95. The van der Waals surface area contributed by atoms with Crippen LogP contribution in [0.3, 0.4) is 0 Å². The number of hydrogen-bond acceptors (Lipinski definition) is 5. The molecule has 0 aromatic heterocycles. The molecule has 7 heteroatoms. The number of carbonyl (C=O) groups excluding carboxylic acids is 1. The van der Waals surface area contributed by atoms with Crippen molar-refractivity contribution < 1.29 is 18.7 Å². The van der Waals surface area contributed by atoms with Crippen molar-refractivity contribution in [1.29, 1.82) is 0 Å². The van der Waals surface area contributed by atoms with Crippen LogP contribution in [-0.2, 0) is 14.0 Å². The Labute approximate surface area is 201 Å². The van der Waals surface area contributed by atoms with Crippen molar-refractivity contribution in [3.8, 4) is 5.75 Å². The molecule has 0 radical (unpaired) electrons. The first-order valence-corrected chi connectivity index (χ1v) is 14.8. The van der Waals surface area contributed by atoms with Crippen molar-refractivity contribution in [2.75, 3.05) is 25.2 Å². The summed E-state index contributed by atoms with van der Waals surface area (Å²) >= 11 is 3.58. The standard InChI is InChI=1S/C25H34BrNO4Si/c1-8-9-14-25(31-32(5,6)7)15-10-11-16-27(18-25)21-17-20(26)12-13-22(21)30-19-24(2,3)23(28)29-4/h9-13,15-17H,1,14,18-19H2,2-7H3. The van der Waals surface area contributed by atoms with E-state index in [4.69, 9.17) is 13.9 Å². The third-order valence-corrected chi connectivity index (χ3v) is 6.39. The largest absolute Gasteiger partial charge is 0.490 e. The summed E-state index contributed by atoms with van der Waals surface area (Å²) in [6.07, 6.45) is 10.7. The second-order valence-electron chi connectivity index (χ2n) is 9.50. The Morgan fingerprint density at radius 3 is 2.69 bits per heavy atom. The van der Waals surface area contributed by atoms with E-state index in [9.17, 15) is 4.79 Å². The summed E-state index contributed by atoms with van der Waals surface area (Å²) in [6.45, 7) is 14.7. The van der Waals surface area contributed by atoms with Crippen LogP contribution in [-0.4, -0.2) is 40.1 Å².